The summed E-state index contributed by atoms with van der Waals surface area (Å²) in [7, 11) is 0. The number of Topliss-reactive ketones (excluding diaryl/α,β-unsaturated/α-hetero) is 1. The smallest absolute Gasteiger partial charge is 0.133 e. The van der Waals surface area contributed by atoms with Gasteiger partial charge in [0.05, 0.1) is 0 Å². The summed E-state index contributed by atoms with van der Waals surface area (Å²) in [5.74, 6) is 1.19. The van der Waals surface area contributed by atoms with Gasteiger partial charge >= 0.3 is 0 Å². The van der Waals surface area contributed by atoms with E-state index in [-0.39, 0.29) is 0 Å². The minimum atomic E-state index is 0.480. The Labute approximate surface area is 56.4 Å². The summed E-state index contributed by atoms with van der Waals surface area (Å²) in [6.45, 7) is 2.17. The van der Waals surface area contributed by atoms with E-state index in [1.54, 1.807) is 0 Å². The van der Waals surface area contributed by atoms with Gasteiger partial charge in [-0.15, -0.1) is 0 Å². The van der Waals surface area contributed by atoms with Gasteiger partial charge in [-0.2, -0.15) is 0 Å². The Morgan fingerprint density at radius 3 is 2.89 bits per heavy atom. The molecule has 1 atom stereocenters. The molecule has 0 heterocycles. The first kappa shape index (κ1) is 6.79. The van der Waals surface area contributed by atoms with E-state index < -0.39 is 0 Å². The van der Waals surface area contributed by atoms with Crippen LogP contribution in [0.1, 0.15) is 39.0 Å². The Hall–Kier alpha value is -0.330. The molecule has 1 fully saturated rings. The zero-order chi connectivity index (χ0) is 6.69. The molecule has 1 heteroatoms. The fourth-order valence-corrected chi connectivity index (χ4v) is 1.46. The summed E-state index contributed by atoms with van der Waals surface area (Å²) in [6.07, 6.45) is 5.30. The van der Waals surface area contributed by atoms with Gasteiger partial charge in [-0.3, -0.25) is 4.79 Å². The van der Waals surface area contributed by atoms with Crippen LogP contribution in [0.2, 0.25) is 0 Å². The van der Waals surface area contributed by atoms with Crippen LogP contribution < -0.4 is 0 Å². The fraction of sp³-hybridized carbons (Fsp3) is 0.875. The Morgan fingerprint density at radius 2 is 2.44 bits per heavy atom. The minimum Gasteiger partial charge on any atom is -0.300 e. The van der Waals surface area contributed by atoms with Gasteiger partial charge in [-0.25, -0.2) is 0 Å². The van der Waals surface area contributed by atoms with E-state index in [1.807, 2.05) is 0 Å². The number of carbonyl (C=O) groups is 1. The van der Waals surface area contributed by atoms with Crippen molar-refractivity contribution in [2.75, 3.05) is 0 Å². The van der Waals surface area contributed by atoms with E-state index in [2.05, 4.69) is 6.92 Å². The fourth-order valence-electron chi connectivity index (χ4n) is 1.46. The summed E-state index contributed by atoms with van der Waals surface area (Å²) in [5.41, 5.74) is 0. The van der Waals surface area contributed by atoms with Crippen LogP contribution in [0.15, 0.2) is 0 Å². The first-order chi connectivity index (χ1) is 4.33. The predicted molar refractivity (Wildman–Crippen MR) is 37.3 cm³/mol. The minimum absolute atomic E-state index is 0.480. The third kappa shape index (κ3) is 1.81. The lowest BCUT2D eigenvalue weighted by Crippen LogP contribution is -2.13. The second-order valence-corrected chi connectivity index (χ2v) is 2.91. The summed E-state index contributed by atoms with van der Waals surface area (Å²) >= 11 is 0. The van der Waals surface area contributed by atoms with E-state index >= 15 is 0 Å². The lowest BCUT2D eigenvalue weighted by molar-refractivity contribution is -0.121. The second kappa shape index (κ2) is 3.00. The second-order valence-electron chi connectivity index (χ2n) is 2.91. The molecule has 0 N–H and O–H groups in total. The van der Waals surface area contributed by atoms with Crippen molar-refractivity contribution in [1.29, 1.82) is 0 Å². The Bertz CT molecular complexity index is 107. The van der Waals surface area contributed by atoms with Crippen molar-refractivity contribution in [3.63, 3.8) is 0 Å². The maximum atomic E-state index is 10.8. The quantitative estimate of drug-likeness (QED) is 0.526. The Morgan fingerprint density at radius 1 is 1.67 bits per heavy atom. The molecule has 9 heavy (non-hydrogen) atoms. The van der Waals surface area contributed by atoms with Gasteiger partial charge in [-0.05, 0) is 18.8 Å². The molecule has 0 spiro atoms. The van der Waals surface area contributed by atoms with Crippen LogP contribution in [0, 0.1) is 5.92 Å². The monoisotopic (exact) mass is 126 g/mol. The summed E-state index contributed by atoms with van der Waals surface area (Å²) in [5, 5.41) is 0. The average Bonchev–Trinajstić information content (AvgIpc) is 1.88. The normalized spacial score (nSPS) is 28.6. The van der Waals surface area contributed by atoms with E-state index in [0.717, 1.165) is 19.3 Å². The van der Waals surface area contributed by atoms with E-state index in [0.29, 0.717) is 11.7 Å². The molecule has 0 amide bonds. The lowest BCUT2D eigenvalue weighted by atomic mass is 9.87. The number of rotatable bonds is 1. The van der Waals surface area contributed by atoms with Crippen molar-refractivity contribution >= 4 is 5.78 Å². The molecule has 1 nitrogen and oxygen atoms in total. The van der Waals surface area contributed by atoms with Crippen molar-refractivity contribution in [2.45, 2.75) is 39.0 Å². The molecular weight excluding hydrogens is 112 g/mol. The zero-order valence-corrected chi connectivity index (χ0v) is 6.02. The maximum Gasteiger partial charge on any atom is 0.133 e. The van der Waals surface area contributed by atoms with Gasteiger partial charge in [0, 0.05) is 12.8 Å². The molecule has 0 aromatic carbocycles. The number of hydrogen-bond acceptors (Lipinski definition) is 1. The number of hydrogen-bond donors (Lipinski definition) is 0. The van der Waals surface area contributed by atoms with E-state index in [9.17, 15) is 4.79 Å². The van der Waals surface area contributed by atoms with Crippen molar-refractivity contribution in [3.8, 4) is 0 Å². The molecule has 52 valence electrons. The summed E-state index contributed by atoms with van der Waals surface area (Å²) in [4.78, 5) is 10.8. The highest BCUT2D eigenvalue weighted by atomic mass is 16.1. The van der Waals surface area contributed by atoms with Crippen molar-refractivity contribution in [2.24, 2.45) is 5.92 Å². The van der Waals surface area contributed by atoms with Gasteiger partial charge < -0.3 is 0 Å². The molecule has 0 radical (unpaired) electrons. The Balaban J connectivity index is 2.32. The van der Waals surface area contributed by atoms with Crippen LogP contribution in [0.25, 0.3) is 0 Å². The highest BCUT2D eigenvalue weighted by Gasteiger charge is 2.16. The molecule has 1 aliphatic carbocycles. The third-order valence-corrected chi connectivity index (χ3v) is 2.16. The highest BCUT2D eigenvalue weighted by molar-refractivity contribution is 5.79. The molecule has 1 aliphatic rings. The molecule has 1 rings (SSSR count). The van der Waals surface area contributed by atoms with Crippen LogP contribution >= 0.6 is 0 Å². The van der Waals surface area contributed by atoms with Gasteiger partial charge in [0.2, 0.25) is 0 Å². The first-order valence-electron chi connectivity index (χ1n) is 3.84. The predicted octanol–water partition coefficient (Wildman–Crippen LogP) is 2.16. The zero-order valence-electron chi connectivity index (χ0n) is 6.02. The molecule has 0 bridgehead atoms. The first-order valence-corrected chi connectivity index (χ1v) is 3.84. The number of ketones is 1. The van der Waals surface area contributed by atoms with Crippen LogP contribution in [0.4, 0.5) is 0 Å². The standard InChI is InChI=1S/C8H14O/c1-2-7-4-3-5-8(9)6-7/h7H,2-6H2,1H3/t7-/m1/s1. The SMILES string of the molecule is CC[C@@H]1CCCC(=O)C1. The van der Waals surface area contributed by atoms with E-state index in [4.69, 9.17) is 0 Å². The number of carbonyl (C=O) groups excluding carboxylic acids is 1. The average molecular weight is 126 g/mol. The molecule has 0 aromatic rings. The highest BCUT2D eigenvalue weighted by Crippen LogP contribution is 2.23. The topological polar surface area (TPSA) is 17.1 Å². The van der Waals surface area contributed by atoms with Gasteiger partial charge in [0.25, 0.3) is 0 Å². The maximum absolute atomic E-state index is 10.8. The van der Waals surface area contributed by atoms with Crippen molar-refractivity contribution in [3.05, 3.63) is 0 Å². The Kier molecular flexibility index (Phi) is 2.26. The summed E-state index contributed by atoms with van der Waals surface area (Å²) < 4.78 is 0. The van der Waals surface area contributed by atoms with Crippen LogP contribution in [-0.4, -0.2) is 5.78 Å². The van der Waals surface area contributed by atoms with Crippen LogP contribution in [0.5, 0.6) is 0 Å². The van der Waals surface area contributed by atoms with E-state index in [1.165, 1.54) is 12.8 Å². The summed E-state index contributed by atoms with van der Waals surface area (Å²) in [6, 6.07) is 0. The van der Waals surface area contributed by atoms with Crippen LogP contribution in [-0.2, 0) is 4.79 Å². The molecule has 1 saturated carbocycles. The molecule has 0 unspecified atom stereocenters. The molecular formula is C8H14O. The van der Waals surface area contributed by atoms with Crippen molar-refractivity contribution in [1.82, 2.24) is 0 Å². The van der Waals surface area contributed by atoms with Crippen molar-refractivity contribution < 1.29 is 4.79 Å². The van der Waals surface area contributed by atoms with Gasteiger partial charge in [-0.1, -0.05) is 13.3 Å². The lowest BCUT2D eigenvalue weighted by Gasteiger charge is -2.18. The molecule has 0 saturated heterocycles. The largest absolute Gasteiger partial charge is 0.300 e. The molecule has 0 aromatic heterocycles. The van der Waals surface area contributed by atoms with Gasteiger partial charge in [0.15, 0.2) is 0 Å². The molecule has 0 aliphatic heterocycles. The third-order valence-electron chi connectivity index (χ3n) is 2.16. The van der Waals surface area contributed by atoms with Gasteiger partial charge in [0.1, 0.15) is 5.78 Å². The van der Waals surface area contributed by atoms with Crippen LogP contribution in [0.3, 0.4) is 0 Å².